The van der Waals surface area contributed by atoms with Gasteiger partial charge in [-0.05, 0) is 30.0 Å². The standard InChI is InChI=1S/C15H19N3OS/c1-3-5-12(14-6-4-9-20-14)18-15(19)13-8-7-11(16-2)10-17-13/h4,6-10,12,16H,3,5H2,1-2H3,(H,18,19). The Morgan fingerprint density at radius 2 is 2.25 bits per heavy atom. The van der Waals surface area contributed by atoms with Gasteiger partial charge in [-0.15, -0.1) is 11.3 Å². The van der Waals surface area contributed by atoms with Crippen LogP contribution in [0.4, 0.5) is 5.69 Å². The van der Waals surface area contributed by atoms with Crippen LogP contribution in [0, 0.1) is 0 Å². The lowest BCUT2D eigenvalue weighted by molar-refractivity contribution is 0.0930. The minimum Gasteiger partial charge on any atom is -0.387 e. The van der Waals surface area contributed by atoms with Crippen LogP contribution < -0.4 is 10.6 Å². The van der Waals surface area contributed by atoms with Crippen LogP contribution in [0.3, 0.4) is 0 Å². The van der Waals surface area contributed by atoms with Crippen LogP contribution in [-0.2, 0) is 0 Å². The lowest BCUT2D eigenvalue weighted by atomic mass is 10.1. The summed E-state index contributed by atoms with van der Waals surface area (Å²) in [5.41, 5.74) is 1.34. The molecule has 1 atom stereocenters. The molecule has 2 heterocycles. The fourth-order valence-electron chi connectivity index (χ4n) is 1.97. The maximum atomic E-state index is 12.2. The highest BCUT2D eigenvalue weighted by atomic mass is 32.1. The summed E-state index contributed by atoms with van der Waals surface area (Å²) in [5, 5.41) is 8.08. The summed E-state index contributed by atoms with van der Waals surface area (Å²) in [6, 6.07) is 7.72. The summed E-state index contributed by atoms with van der Waals surface area (Å²) >= 11 is 1.67. The molecule has 106 valence electrons. The molecule has 0 aliphatic heterocycles. The van der Waals surface area contributed by atoms with Crippen molar-refractivity contribution < 1.29 is 4.79 Å². The smallest absolute Gasteiger partial charge is 0.270 e. The summed E-state index contributed by atoms with van der Waals surface area (Å²) in [6.45, 7) is 2.12. The summed E-state index contributed by atoms with van der Waals surface area (Å²) in [6.07, 6.45) is 3.62. The highest BCUT2D eigenvalue weighted by Crippen LogP contribution is 2.23. The van der Waals surface area contributed by atoms with E-state index in [2.05, 4.69) is 28.6 Å². The van der Waals surface area contributed by atoms with E-state index in [1.807, 2.05) is 24.6 Å². The van der Waals surface area contributed by atoms with Crippen molar-refractivity contribution in [3.05, 3.63) is 46.4 Å². The second kappa shape index (κ2) is 7.05. The molecule has 2 N–H and O–H groups in total. The molecule has 1 amide bonds. The van der Waals surface area contributed by atoms with Crippen LogP contribution in [0.15, 0.2) is 35.8 Å². The van der Waals surface area contributed by atoms with Crippen molar-refractivity contribution in [3.63, 3.8) is 0 Å². The summed E-state index contributed by atoms with van der Waals surface area (Å²) in [5.74, 6) is -0.125. The predicted molar refractivity (Wildman–Crippen MR) is 83.2 cm³/mol. The molecule has 4 nitrogen and oxygen atoms in total. The molecule has 20 heavy (non-hydrogen) atoms. The third-order valence-corrected chi connectivity index (χ3v) is 4.04. The number of amides is 1. The van der Waals surface area contributed by atoms with Crippen LogP contribution in [-0.4, -0.2) is 17.9 Å². The molecule has 0 saturated heterocycles. The number of hydrogen-bond acceptors (Lipinski definition) is 4. The van der Waals surface area contributed by atoms with Crippen LogP contribution in [0.2, 0.25) is 0 Å². The Bertz CT molecular complexity index is 537. The molecule has 0 aromatic carbocycles. The Morgan fingerprint density at radius 3 is 2.80 bits per heavy atom. The molecule has 5 heteroatoms. The highest BCUT2D eigenvalue weighted by molar-refractivity contribution is 7.10. The molecule has 0 spiro atoms. The summed E-state index contributed by atoms with van der Waals surface area (Å²) < 4.78 is 0. The van der Waals surface area contributed by atoms with Gasteiger partial charge in [0.15, 0.2) is 0 Å². The lowest BCUT2D eigenvalue weighted by Gasteiger charge is -2.16. The van der Waals surface area contributed by atoms with Gasteiger partial charge in [-0.1, -0.05) is 19.4 Å². The molecule has 2 aromatic rings. The van der Waals surface area contributed by atoms with E-state index in [9.17, 15) is 4.79 Å². The normalized spacial score (nSPS) is 11.9. The van der Waals surface area contributed by atoms with E-state index in [-0.39, 0.29) is 11.9 Å². The molecule has 0 fully saturated rings. The monoisotopic (exact) mass is 289 g/mol. The Morgan fingerprint density at radius 1 is 1.40 bits per heavy atom. The van der Waals surface area contributed by atoms with Crippen molar-refractivity contribution in [2.45, 2.75) is 25.8 Å². The molecule has 0 aliphatic rings. The molecule has 2 rings (SSSR count). The number of nitrogens with zero attached hydrogens (tertiary/aromatic N) is 1. The highest BCUT2D eigenvalue weighted by Gasteiger charge is 2.16. The maximum absolute atomic E-state index is 12.2. The number of rotatable bonds is 6. The predicted octanol–water partition coefficient (Wildman–Crippen LogP) is 3.46. The van der Waals surface area contributed by atoms with Crippen molar-refractivity contribution in [2.75, 3.05) is 12.4 Å². The van der Waals surface area contributed by atoms with Gasteiger partial charge < -0.3 is 10.6 Å². The maximum Gasteiger partial charge on any atom is 0.270 e. The Balaban J connectivity index is 2.07. The van der Waals surface area contributed by atoms with Gasteiger partial charge in [0.1, 0.15) is 5.69 Å². The quantitative estimate of drug-likeness (QED) is 0.856. The third kappa shape index (κ3) is 3.57. The van der Waals surface area contributed by atoms with Crippen molar-refractivity contribution in [3.8, 4) is 0 Å². The number of carbonyl (C=O) groups excluding carboxylic acids is 1. The number of carbonyl (C=O) groups is 1. The van der Waals surface area contributed by atoms with Crippen LogP contribution in [0.25, 0.3) is 0 Å². The molecule has 2 aromatic heterocycles. The van der Waals surface area contributed by atoms with E-state index in [1.165, 1.54) is 4.88 Å². The van der Waals surface area contributed by atoms with Crippen molar-refractivity contribution in [1.82, 2.24) is 10.3 Å². The molecule has 0 aliphatic carbocycles. The molecule has 0 bridgehead atoms. The van der Waals surface area contributed by atoms with Crippen molar-refractivity contribution >= 4 is 22.9 Å². The summed E-state index contributed by atoms with van der Waals surface area (Å²) in [4.78, 5) is 17.6. The van der Waals surface area contributed by atoms with Crippen LogP contribution in [0.1, 0.15) is 41.2 Å². The van der Waals surface area contributed by atoms with Gasteiger partial charge in [-0.25, -0.2) is 4.98 Å². The van der Waals surface area contributed by atoms with Gasteiger partial charge in [0, 0.05) is 11.9 Å². The number of hydrogen-bond donors (Lipinski definition) is 2. The minimum absolute atomic E-state index is 0.0678. The first-order chi connectivity index (χ1) is 9.74. The topological polar surface area (TPSA) is 54.0 Å². The van der Waals surface area contributed by atoms with Gasteiger partial charge in [0.05, 0.1) is 17.9 Å². The second-order valence-corrected chi connectivity index (χ2v) is 5.49. The van der Waals surface area contributed by atoms with Gasteiger partial charge in [-0.2, -0.15) is 0 Å². The molecular weight excluding hydrogens is 270 g/mol. The van der Waals surface area contributed by atoms with E-state index in [4.69, 9.17) is 0 Å². The van der Waals surface area contributed by atoms with Crippen molar-refractivity contribution in [2.24, 2.45) is 0 Å². The zero-order chi connectivity index (χ0) is 14.4. The first kappa shape index (κ1) is 14.5. The summed E-state index contributed by atoms with van der Waals surface area (Å²) in [7, 11) is 1.82. The third-order valence-electron chi connectivity index (χ3n) is 3.05. The number of aromatic nitrogens is 1. The number of thiophene rings is 1. The van der Waals surface area contributed by atoms with Crippen LogP contribution in [0.5, 0.6) is 0 Å². The van der Waals surface area contributed by atoms with E-state index < -0.39 is 0 Å². The van der Waals surface area contributed by atoms with E-state index in [0.29, 0.717) is 5.69 Å². The van der Waals surface area contributed by atoms with E-state index in [0.717, 1.165) is 18.5 Å². The van der Waals surface area contributed by atoms with Gasteiger partial charge in [-0.3, -0.25) is 4.79 Å². The average molecular weight is 289 g/mol. The first-order valence-electron chi connectivity index (χ1n) is 6.72. The molecule has 0 saturated carbocycles. The molecular formula is C15H19N3OS. The van der Waals surface area contributed by atoms with Gasteiger partial charge in [0.25, 0.3) is 5.91 Å². The van der Waals surface area contributed by atoms with Gasteiger partial charge in [0.2, 0.25) is 0 Å². The zero-order valence-corrected chi connectivity index (χ0v) is 12.5. The van der Waals surface area contributed by atoms with E-state index in [1.54, 1.807) is 23.6 Å². The first-order valence-corrected chi connectivity index (χ1v) is 7.60. The number of anilines is 1. The van der Waals surface area contributed by atoms with Crippen LogP contribution >= 0.6 is 11.3 Å². The largest absolute Gasteiger partial charge is 0.387 e. The fraction of sp³-hybridized carbons (Fsp3) is 0.333. The second-order valence-electron chi connectivity index (χ2n) is 4.51. The number of nitrogens with one attached hydrogen (secondary N) is 2. The zero-order valence-electron chi connectivity index (χ0n) is 11.7. The molecule has 1 unspecified atom stereocenters. The van der Waals surface area contributed by atoms with Crippen molar-refractivity contribution in [1.29, 1.82) is 0 Å². The SMILES string of the molecule is CCCC(NC(=O)c1ccc(NC)cn1)c1cccs1. The lowest BCUT2D eigenvalue weighted by Crippen LogP contribution is -2.28. The fourth-order valence-corrected chi connectivity index (χ4v) is 2.78. The van der Waals surface area contributed by atoms with Gasteiger partial charge >= 0.3 is 0 Å². The minimum atomic E-state index is -0.125. The Kier molecular flexibility index (Phi) is 5.12. The van der Waals surface area contributed by atoms with E-state index >= 15 is 0 Å². The number of pyridine rings is 1. The Hall–Kier alpha value is -1.88. The average Bonchev–Trinajstić information content (AvgIpc) is 3.01. The Labute approximate surface area is 123 Å². The molecule has 0 radical (unpaired) electrons.